The van der Waals surface area contributed by atoms with Crippen molar-refractivity contribution in [3.05, 3.63) is 0 Å². The molecule has 8 nitrogen and oxygen atoms in total. The van der Waals surface area contributed by atoms with Gasteiger partial charge in [0, 0.05) is 0 Å². The van der Waals surface area contributed by atoms with E-state index >= 15 is 0 Å². The highest BCUT2D eigenvalue weighted by molar-refractivity contribution is 6.04. The first-order valence-electron chi connectivity index (χ1n) is 4.78. The highest BCUT2D eigenvalue weighted by Gasteiger charge is 2.40. The van der Waals surface area contributed by atoms with E-state index in [1.807, 2.05) is 0 Å². The lowest BCUT2D eigenvalue weighted by Gasteiger charge is -2.12. The van der Waals surface area contributed by atoms with Crippen molar-refractivity contribution in [1.82, 2.24) is 5.06 Å². The number of nitrogens with zero attached hydrogens (tertiary/aromatic N) is 1. The smallest absolute Gasteiger partial charge is 0.333 e. The van der Waals surface area contributed by atoms with E-state index in [1.54, 1.807) is 0 Å². The summed E-state index contributed by atoms with van der Waals surface area (Å²) in [4.78, 5) is 48.5. The molecule has 0 spiro atoms. The summed E-state index contributed by atoms with van der Waals surface area (Å²) >= 11 is 0. The SMILES string of the molecule is COC(=O)CCC(=O)ON1C(=O)CC(O)C1=O. The van der Waals surface area contributed by atoms with Crippen molar-refractivity contribution in [3.63, 3.8) is 0 Å². The van der Waals surface area contributed by atoms with Gasteiger partial charge in [0.1, 0.15) is 6.10 Å². The molecule has 17 heavy (non-hydrogen) atoms. The summed E-state index contributed by atoms with van der Waals surface area (Å²) < 4.78 is 4.30. The minimum Gasteiger partial charge on any atom is -0.469 e. The van der Waals surface area contributed by atoms with Gasteiger partial charge in [-0.05, 0) is 0 Å². The van der Waals surface area contributed by atoms with Crippen LogP contribution in [0.25, 0.3) is 0 Å². The van der Waals surface area contributed by atoms with Crippen molar-refractivity contribution >= 4 is 23.8 Å². The molecular weight excluding hydrogens is 234 g/mol. The van der Waals surface area contributed by atoms with Crippen LogP contribution in [0.1, 0.15) is 19.3 Å². The molecule has 1 saturated heterocycles. The zero-order chi connectivity index (χ0) is 13.0. The zero-order valence-electron chi connectivity index (χ0n) is 9.04. The van der Waals surface area contributed by atoms with Crippen molar-refractivity contribution < 1.29 is 33.9 Å². The van der Waals surface area contributed by atoms with E-state index in [0.29, 0.717) is 0 Å². The van der Waals surface area contributed by atoms with Crippen LogP contribution in [0.4, 0.5) is 0 Å². The summed E-state index contributed by atoms with van der Waals surface area (Å²) in [6, 6.07) is 0. The van der Waals surface area contributed by atoms with Crippen LogP contribution in [0.15, 0.2) is 0 Å². The Bertz CT molecular complexity index is 364. The van der Waals surface area contributed by atoms with Gasteiger partial charge < -0.3 is 14.7 Å². The van der Waals surface area contributed by atoms with Crippen LogP contribution in [-0.4, -0.2) is 47.1 Å². The Kier molecular flexibility index (Phi) is 4.16. The van der Waals surface area contributed by atoms with Crippen LogP contribution >= 0.6 is 0 Å². The fourth-order valence-corrected chi connectivity index (χ4v) is 1.14. The summed E-state index contributed by atoms with van der Waals surface area (Å²) in [5.74, 6) is -3.32. The zero-order valence-corrected chi connectivity index (χ0v) is 9.04. The van der Waals surface area contributed by atoms with E-state index in [4.69, 9.17) is 5.11 Å². The Morgan fingerprint density at radius 3 is 2.41 bits per heavy atom. The molecule has 1 heterocycles. The minimum absolute atomic E-state index is 0.213. The van der Waals surface area contributed by atoms with Crippen LogP contribution in [0.3, 0.4) is 0 Å². The van der Waals surface area contributed by atoms with Crippen LogP contribution in [-0.2, 0) is 28.8 Å². The molecule has 0 aromatic carbocycles. The van der Waals surface area contributed by atoms with Gasteiger partial charge >= 0.3 is 11.9 Å². The number of hydrogen-bond acceptors (Lipinski definition) is 7. The number of carbonyl (C=O) groups is 4. The summed E-state index contributed by atoms with van der Waals surface area (Å²) in [6.45, 7) is 0. The molecule has 0 saturated carbocycles. The lowest BCUT2D eigenvalue weighted by atomic mass is 10.3. The first-order valence-corrected chi connectivity index (χ1v) is 4.78. The van der Waals surface area contributed by atoms with Gasteiger partial charge in [-0.2, -0.15) is 0 Å². The Labute approximate surface area is 96.0 Å². The molecule has 1 atom stereocenters. The van der Waals surface area contributed by atoms with Gasteiger partial charge in [-0.15, -0.1) is 0 Å². The van der Waals surface area contributed by atoms with Crippen molar-refractivity contribution in [2.45, 2.75) is 25.4 Å². The van der Waals surface area contributed by atoms with E-state index in [1.165, 1.54) is 0 Å². The lowest BCUT2D eigenvalue weighted by molar-refractivity contribution is -0.199. The maximum atomic E-state index is 11.2. The third-order valence-corrected chi connectivity index (χ3v) is 2.03. The van der Waals surface area contributed by atoms with Crippen LogP contribution in [0.2, 0.25) is 0 Å². The number of rotatable bonds is 4. The van der Waals surface area contributed by atoms with Gasteiger partial charge in [0.05, 0.1) is 26.4 Å². The van der Waals surface area contributed by atoms with Gasteiger partial charge in [0.15, 0.2) is 0 Å². The van der Waals surface area contributed by atoms with Crippen molar-refractivity contribution in [2.75, 3.05) is 7.11 Å². The number of imide groups is 1. The number of aliphatic hydroxyl groups excluding tert-OH is 1. The fraction of sp³-hybridized carbons (Fsp3) is 0.556. The number of hydrogen-bond donors (Lipinski definition) is 1. The Hall–Kier alpha value is -1.96. The number of aliphatic hydroxyl groups is 1. The molecule has 2 amide bonds. The monoisotopic (exact) mass is 245 g/mol. The molecule has 0 aromatic rings. The van der Waals surface area contributed by atoms with Gasteiger partial charge in [0.2, 0.25) is 0 Å². The van der Waals surface area contributed by atoms with Crippen LogP contribution in [0, 0.1) is 0 Å². The predicted octanol–water partition coefficient (Wildman–Crippen LogP) is -1.48. The third-order valence-electron chi connectivity index (χ3n) is 2.03. The van der Waals surface area contributed by atoms with Crippen molar-refractivity contribution in [3.8, 4) is 0 Å². The first-order chi connectivity index (χ1) is 7.95. The Balaban J connectivity index is 2.44. The second kappa shape index (κ2) is 5.39. The number of methoxy groups -OCH3 is 1. The average Bonchev–Trinajstić information content (AvgIpc) is 2.53. The summed E-state index contributed by atoms with van der Waals surface area (Å²) in [6.07, 6.45) is -2.42. The summed E-state index contributed by atoms with van der Waals surface area (Å²) in [7, 11) is 1.16. The molecule has 1 fully saturated rings. The van der Waals surface area contributed by atoms with Crippen molar-refractivity contribution in [1.29, 1.82) is 0 Å². The molecule has 0 radical (unpaired) electrons. The van der Waals surface area contributed by atoms with Crippen LogP contribution in [0.5, 0.6) is 0 Å². The predicted molar refractivity (Wildman–Crippen MR) is 49.8 cm³/mol. The maximum Gasteiger partial charge on any atom is 0.333 e. The third kappa shape index (κ3) is 3.25. The maximum absolute atomic E-state index is 11.2. The molecular formula is C9H11NO7. The topological polar surface area (TPSA) is 110 Å². The van der Waals surface area contributed by atoms with E-state index in [9.17, 15) is 19.2 Å². The first kappa shape index (κ1) is 13.1. The van der Waals surface area contributed by atoms with Gasteiger partial charge in [0.25, 0.3) is 11.8 Å². The highest BCUT2D eigenvalue weighted by atomic mass is 16.7. The van der Waals surface area contributed by atoms with Crippen molar-refractivity contribution in [2.24, 2.45) is 0 Å². The largest absolute Gasteiger partial charge is 0.469 e. The average molecular weight is 245 g/mol. The highest BCUT2D eigenvalue weighted by Crippen LogP contribution is 2.13. The Morgan fingerprint density at radius 1 is 1.35 bits per heavy atom. The molecule has 1 aliphatic rings. The number of carbonyl (C=O) groups excluding carboxylic acids is 4. The normalized spacial score (nSPS) is 19.4. The molecule has 1 rings (SSSR count). The Morgan fingerprint density at radius 2 is 1.94 bits per heavy atom. The molecule has 94 valence electrons. The minimum atomic E-state index is -1.48. The molecule has 0 aromatic heterocycles. The number of ether oxygens (including phenoxy) is 1. The van der Waals surface area contributed by atoms with E-state index in [2.05, 4.69) is 9.57 Å². The molecule has 1 N–H and O–H groups in total. The van der Waals surface area contributed by atoms with E-state index in [0.717, 1.165) is 7.11 Å². The summed E-state index contributed by atoms with van der Waals surface area (Å²) in [5.41, 5.74) is 0. The second-order valence-corrected chi connectivity index (χ2v) is 3.29. The standard InChI is InChI=1S/C9H11NO7/c1-16-7(13)2-3-8(14)17-10-6(12)4-5(11)9(10)15/h5,11H,2-4H2,1H3. The van der Waals surface area contributed by atoms with Gasteiger partial charge in [-0.25, -0.2) is 4.79 Å². The van der Waals surface area contributed by atoms with Crippen LogP contribution < -0.4 is 0 Å². The molecule has 8 heteroatoms. The van der Waals surface area contributed by atoms with E-state index in [-0.39, 0.29) is 17.9 Å². The second-order valence-electron chi connectivity index (χ2n) is 3.29. The van der Waals surface area contributed by atoms with E-state index < -0.39 is 36.3 Å². The lowest BCUT2D eigenvalue weighted by Crippen LogP contribution is -2.34. The molecule has 1 aliphatic heterocycles. The molecule has 1 unspecified atom stereocenters. The quantitative estimate of drug-likeness (QED) is 0.475. The molecule has 0 bridgehead atoms. The number of amides is 2. The number of hydroxylamine groups is 2. The fourth-order valence-electron chi connectivity index (χ4n) is 1.14. The van der Waals surface area contributed by atoms with Gasteiger partial charge in [-0.1, -0.05) is 5.06 Å². The summed E-state index contributed by atoms with van der Waals surface area (Å²) in [5, 5.41) is 9.24. The van der Waals surface area contributed by atoms with Gasteiger partial charge in [-0.3, -0.25) is 14.4 Å². The number of esters is 1. The molecule has 0 aliphatic carbocycles.